The fourth-order valence-electron chi connectivity index (χ4n) is 1.94. The Balaban J connectivity index is 2.30. The molecule has 2 aromatic rings. The number of phenolic OH excluding ortho intramolecular Hbond substituents is 1. The zero-order valence-corrected chi connectivity index (χ0v) is 12.1. The van der Waals surface area contributed by atoms with E-state index in [-0.39, 0.29) is 11.3 Å². The number of benzene rings is 2. The van der Waals surface area contributed by atoms with E-state index in [0.717, 1.165) is 5.56 Å². The lowest BCUT2D eigenvalue weighted by molar-refractivity contribution is 0.102. The van der Waals surface area contributed by atoms with Crippen LogP contribution >= 0.6 is 0 Å². The number of hydrogen-bond donors (Lipinski definition) is 2. The summed E-state index contributed by atoms with van der Waals surface area (Å²) in [6.45, 7) is 1.84. The number of phenols is 1. The Kier molecular flexibility index (Phi) is 4.33. The summed E-state index contributed by atoms with van der Waals surface area (Å²) in [4.78, 5) is 12.2. The lowest BCUT2D eigenvalue weighted by atomic mass is 10.1. The van der Waals surface area contributed by atoms with Gasteiger partial charge in [0.15, 0.2) is 0 Å². The zero-order chi connectivity index (χ0) is 15.4. The summed E-state index contributed by atoms with van der Waals surface area (Å²) in [6.07, 6.45) is 0. The van der Waals surface area contributed by atoms with E-state index in [1.165, 1.54) is 13.2 Å². The van der Waals surface area contributed by atoms with Crippen molar-refractivity contribution in [2.24, 2.45) is 0 Å². The van der Waals surface area contributed by atoms with Gasteiger partial charge in [0.25, 0.3) is 5.91 Å². The monoisotopic (exact) mass is 287 g/mol. The normalized spacial score (nSPS) is 10.0. The van der Waals surface area contributed by atoms with Crippen LogP contribution in [0.4, 0.5) is 5.69 Å². The van der Waals surface area contributed by atoms with E-state index in [4.69, 9.17) is 9.47 Å². The zero-order valence-electron chi connectivity index (χ0n) is 12.1. The third kappa shape index (κ3) is 3.25. The average Bonchev–Trinajstić information content (AvgIpc) is 2.46. The minimum Gasteiger partial charge on any atom is -0.507 e. The smallest absolute Gasteiger partial charge is 0.259 e. The summed E-state index contributed by atoms with van der Waals surface area (Å²) in [5.41, 5.74) is 1.55. The molecular formula is C16H17NO4. The fourth-order valence-corrected chi connectivity index (χ4v) is 1.94. The van der Waals surface area contributed by atoms with E-state index in [9.17, 15) is 9.90 Å². The molecule has 110 valence electrons. The summed E-state index contributed by atoms with van der Waals surface area (Å²) in [5, 5.41) is 12.6. The molecule has 0 saturated carbocycles. The number of aryl methyl sites for hydroxylation is 1. The van der Waals surface area contributed by atoms with Gasteiger partial charge in [0, 0.05) is 6.07 Å². The van der Waals surface area contributed by atoms with Crippen molar-refractivity contribution in [2.75, 3.05) is 19.5 Å². The molecule has 5 heteroatoms. The van der Waals surface area contributed by atoms with E-state index in [1.807, 2.05) is 6.92 Å². The number of ether oxygens (including phenoxy) is 2. The van der Waals surface area contributed by atoms with Crippen LogP contribution in [0.25, 0.3) is 0 Å². The Hall–Kier alpha value is -2.69. The Labute approximate surface area is 123 Å². The van der Waals surface area contributed by atoms with Gasteiger partial charge in [0.1, 0.15) is 17.2 Å². The number of amides is 1. The molecule has 0 unspecified atom stereocenters. The van der Waals surface area contributed by atoms with E-state index >= 15 is 0 Å². The van der Waals surface area contributed by atoms with Crippen LogP contribution in [0.2, 0.25) is 0 Å². The van der Waals surface area contributed by atoms with Gasteiger partial charge in [-0.25, -0.2) is 0 Å². The number of carbonyl (C=O) groups is 1. The lowest BCUT2D eigenvalue weighted by Gasteiger charge is -2.12. The molecule has 0 fully saturated rings. The number of rotatable bonds is 4. The molecule has 2 rings (SSSR count). The molecule has 1 amide bonds. The van der Waals surface area contributed by atoms with Crippen molar-refractivity contribution in [3.63, 3.8) is 0 Å². The second kappa shape index (κ2) is 6.17. The Morgan fingerprint density at radius 3 is 2.48 bits per heavy atom. The molecule has 21 heavy (non-hydrogen) atoms. The highest BCUT2D eigenvalue weighted by Crippen LogP contribution is 2.30. The van der Waals surface area contributed by atoms with Gasteiger partial charge in [-0.1, -0.05) is 6.07 Å². The third-order valence-corrected chi connectivity index (χ3v) is 3.05. The fraction of sp³-hybridized carbons (Fsp3) is 0.188. The van der Waals surface area contributed by atoms with Gasteiger partial charge in [0.2, 0.25) is 0 Å². The van der Waals surface area contributed by atoms with E-state index in [2.05, 4.69) is 5.32 Å². The molecule has 0 aromatic heterocycles. The van der Waals surface area contributed by atoms with Gasteiger partial charge in [-0.15, -0.1) is 0 Å². The van der Waals surface area contributed by atoms with Crippen molar-refractivity contribution in [3.05, 3.63) is 47.5 Å². The molecule has 0 aliphatic rings. The van der Waals surface area contributed by atoms with Gasteiger partial charge in [-0.3, -0.25) is 4.79 Å². The minimum absolute atomic E-state index is 0.0608. The highest BCUT2D eigenvalue weighted by atomic mass is 16.5. The first-order chi connectivity index (χ1) is 10.0. The molecule has 0 saturated heterocycles. The van der Waals surface area contributed by atoms with Crippen molar-refractivity contribution in [3.8, 4) is 17.2 Å². The lowest BCUT2D eigenvalue weighted by Crippen LogP contribution is -2.13. The van der Waals surface area contributed by atoms with Crippen LogP contribution in [0.15, 0.2) is 36.4 Å². The maximum absolute atomic E-state index is 12.2. The van der Waals surface area contributed by atoms with E-state index in [0.29, 0.717) is 17.2 Å². The van der Waals surface area contributed by atoms with Gasteiger partial charge >= 0.3 is 0 Å². The minimum atomic E-state index is -0.418. The summed E-state index contributed by atoms with van der Waals surface area (Å²) >= 11 is 0. The van der Waals surface area contributed by atoms with E-state index < -0.39 is 5.91 Å². The number of anilines is 1. The Morgan fingerprint density at radius 2 is 1.86 bits per heavy atom. The maximum Gasteiger partial charge on any atom is 0.259 e. The van der Waals surface area contributed by atoms with Crippen LogP contribution in [-0.4, -0.2) is 25.2 Å². The van der Waals surface area contributed by atoms with Crippen molar-refractivity contribution in [1.82, 2.24) is 0 Å². The Morgan fingerprint density at radius 1 is 1.10 bits per heavy atom. The maximum atomic E-state index is 12.2. The standard InChI is InChI=1S/C16H17NO4/c1-10-4-6-12(14(18)8-10)16(19)17-13-9-11(20-2)5-7-15(13)21-3/h4-9,18H,1-3H3,(H,17,19). The molecule has 0 atom stereocenters. The van der Waals surface area contributed by atoms with Crippen molar-refractivity contribution in [2.45, 2.75) is 6.92 Å². The Bertz CT molecular complexity index is 667. The topological polar surface area (TPSA) is 67.8 Å². The molecule has 0 spiro atoms. The summed E-state index contributed by atoms with van der Waals surface area (Å²) in [6, 6.07) is 9.96. The van der Waals surface area contributed by atoms with Gasteiger partial charge in [0.05, 0.1) is 25.5 Å². The molecular weight excluding hydrogens is 270 g/mol. The van der Waals surface area contributed by atoms with Crippen LogP contribution < -0.4 is 14.8 Å². The molecule has 0 aliphatic carbocycles. The van der Waals surface area contributed by atoms with Gasteiger partial charge in [-0.05, 0) is 36.8 Å². The number of carbonyl (C=O) groups excluding carboxylic acids is 1. The van der Waals surface area contributed by atoms with E-state index in [1.54, 1.807) is 37.4 Å². The quantitative estimate of drug-likeness (QED) is 0.907. The van der Waals surface area contributed by atoms with Crippen molar-refractivity contribution in [1.29, 1.82) is 0 Å². The second-order valence-corrected chi connectivity index (χ2v) is 4.54. The molecule has 0 bridgehead atoms. The number of hydrogen-bond acceptors (Lipinski definition) is 4. The van der Waals surface area contributed by atoms with Crippen LogP contribution in [0.1, 0.15) is 15.9 Å². The summed E-state index contributed by atoms with van der Waals surface area (Å²) in [5.74, 6) is 0.628. The van der Waals surface area contributed by atoms with Crippen LogP contribution in [0, 0.1) is 6.92 Å². The second-order valence-electron chi connectivity index (χ2n) is 4.54. The number of methoxy groups -OCH3 is 2. The molecule has 5 nitrogen and oxygen atoms in total. The first-order valence-electron chi connectivity index (χ1n) is 6.38. The van der Waals surface area contributed by atoms with Gasteiger partial charge in [-0.2, -0.15) is 0 Å². The number of aromatic hydroxyl groups is 1. The largest absolute Gasteiger partial charge is 0.507 e. The van der Waals surface area contributed by atoms with Crippen LogP contribution in [0.3, 0.4) is 0 Å². The molecule has 0 radical (unpaired) electrons. The first-order valence-corrected chi connectivity index (χ1v) is 6.38. The first kappa shape index (κ1) is 14.7. The average molecular weight is 287 g/mol. The highest BCUT2D eigenvalue weighted by molar-refractivity contribution is 6.06. The molecule has 2 N–H and O–H groups in total. The number of nitrogens with one attached hydrogen (secondary N) is 1. The highest BCUT2D eigenvalue weighted by Gasteiger charge is 2.14. The third-order valence-electron chi connectivity index (χ3n) is 3.05. The van der Waals surface area contributed by atoms with Crippen molar-refractivity contribution < 1.29 is 19.4 Å². The molecule has 2 aromatic carbocycles. The predicted octanol–water partition coefficient (Wildman–Crippen LogP) is 2.97. The predicted molar refractivity (Wildman–Crippen MR) is 80.3 cm³/mol. The van der Waals surface area contributed by atoms with Crippen LogP contribution in [-0.2, 0) is 0 Å². The van der Waals surface area contributed by atoms with Gasteiger partial charge < -0.3 is 19.9 Å². The summed E-state index contributed by atoms with van der Waals surface area (Å²) < 4.78 is 10.3. The summed E-state index contributed by atoms with van der Waals surface area (Å²) in [7, 11) is 3.06. The van der Waals surface area contributed by atoms with Crippen LogP contribution in [0.5, 0.6) is 17.2 Å². The van der Waals surface area contributed by atoms with Crippen molar-refractivity contribution >= 4 is 11.6 Å². The molecule has 0 heterocycles. The SMILES string of the molecule is COc1ccc(OC)c(NC(=O)c2ccc(C)cc2O)c1. The molecule has 0 aliphatic heterocycles.